The number of carbonyl (C=O) groups is 1. The minimum Gasteiger partial charge on any atom is -0.469 e. The quantitative estimate of drug-likeness (QED) is 0.559. The van der Waals surface area contributed by atoms with Gasteiger partial charge in [0.05, 0.1) is 18.0 Å². The predicted molar refractivity (Wildman–Crippen MR) is 105 cm³/mol. The molecule has 136 valence electrons. The number of furan rings is 1. The summed E-state index contributed by atoms with van der Waals surface area (Å²) < 4.78 is 6.56. The molecule has 0 atom stereocenters. The van der Waals surface area contributed by atoms with Crippen LogP contribution < -0.4 is 10.9 Å². The largest absolute Gasteiger partial charge is 0.469 e. The lowest BCUT2D eigenvalue weighted by Gasteiger charge is -2.06. The van der Waals surface area contributed by atoms with Crippen LogP contribution in [0.15, 0.2) is 70.3 Å². The summed E-state index contributed by atoms with van der Waals surface area (Å²) in [5.41, 5.74) is 0.835. The number of rotatable bonds is 6. The minimum atomic E-state index is -0.233. The standard InChI is InChI=1S/C20H17N3O3S/c24-18(21-9-8-15-7-4-10-26-15)12-23-13-22-19-16(20(23)25)11-17(27-19)14-5-2-1-3-6-14/h1-7,10-11,13H,8-9,12H2,(H,21,24). The molecule has 4 aromatic rings. The third-order valence-electron chi connectivity index (χ3n) is 4.16. The van der Waals surface area contributed by atoms with E-state index in [-0.39, 0.29) is 18.0 Å². The van der Waals surface area contributed by atoms with Gasteiger partial charge in [-0.15, -0.1) is 11.3 Å². The maximum absolute atomic E-state index is 12.7. The summed E-state index contributed by atoms with van der Waals surface area (Å²) in [4.78, 5) is 30.8. The Morgan fingerprint density at radius 1 is 1.19 bits per heavy atom. The molecule has 1 amide bonds. The number of hydrogen-bond donors (Lipinski definition) is 1. The van der Waals surface area contributed by atoms with Crippen LogP contribution in [-0.2, 0) is 17.8 Å². The fourth-order valence-electron chi connectivity index (χ4n) is 2.81. The van der Waals surface area contributed by atoms with E-state index >= 15 is 0 Å². The van der Waals surface area contributed by atoms with Crippen LogP contribution >= 0.6 is 11.3 Å². The van der Waals surface area contributed by atoms with E-state index in [0.717, 1.165) is 16.2 Å². The first-order chi connectivity index (χ1) is 13.2. The molecule has 3 aromatic heterocycles. The third-order valence-corrected chi connectivity index (χ3v) is 5.26. The molecule has 0 bridgehead atoms. The molecule has 1 N–H and O–H groups in total. The molecule has 3 heterocycles. The zero-order valence-corrected chi connectivity index (χ0v) is 15.2. The number of thiophene rings is 1. The first-order valence-electron chi connectivity index (χ1n) is 8.54. The summed E-state index contributed by atoms with van der Waals surface area (Å²) in [5.74, 6) is 0.575. The van der Waals surface area contributed by atoms with Gasteiger partial charge in [-0.3, -0.25) is 14.2 Å². The molecule has 1 aromatic carbocycles. The van der Waals surface area contributed by atoms with Gasteiger partial charge in [-0.25, -0.2) is 4.98 Å². The first-order valence-corrected chi connectivity index (χ1v) is 9.36. The van der Waals surface area contributed by atoms with Crippen LogP contribution in [0.1, 0.15) is 5.76 Å². The minimum absolute atomic E-state index is 0.0591. The molecule has 6 nitrogen and oxygen atoms in total. The molecular weight excluding hydrogens is 362 g/mol. The van der Waals surface area contributed by atoms with Crippen LogP contribution in [0, 0.1) is 0 Å². The van der Waals surface area contributed by atoms with E-state index in [1.165, 1.54) is 22.2 Å². The number of fused-ring (bicyclic) bond motifs is 1. The van der Waals surface area contributed by atoms with Crippen molar-refractivity contribution in [2.75, 3.05) is 6.54 Å². The zero-order chi connectivity index (χ0) is 18.6. The average Bonchev–Trinajstić information content (AvgIpc) is 3.35. The highest BCUT2D eigenvalue weighted by atomic mass is 32.1. The molecule has 4 rings (SSSR count). The van der Waals surface area contributed by atoms with Crippen molar-refractivity contribution in [3.8, 4) is 10.4 Å². The van der Waals surface area contributed by atoms with E-state index in [1.54, 1.807) is 6.26 Å². The van der Waals surface area contributed by atoms with Crippen LogP contribution in [0.5, 0.6) is 0 Å². The van der Waals surface area contributed by atoms with E-state index in [9.17, 15) is 9.59 Å². The SMILES string of the molecule is O=C(Cn1cnc2sc(-c3ccccc3)cc2c1=O)NCCc1ccco1. The van der Waals surface area contributed by atoms with Crippen molar-refractivity contribution in [3.63, 3.8) is 0 Å². The molecule has 0 aliphatic rings. The second kappa shape index (κ2) is 7.59. The summed E-state index contributed by atoms with van der Waals surface area (Å²) >= 11 is 1.47. The van der Waals surface area contributed by atoms with Gasteiger partial charge in [-0.1, -0.05) is 30.3 Å². The maximum Gasteiger partial charge on any atom is 0.262 e. The topological polar surface area (TPSA) is 77.1 Å². The predicted octanol–water partition coefficient (Wildman–Crippen LogP) is 3.08. The molecule has 0 radical (unpaired) electrons. The Morgan fingerprint density at radius 2 is 2.04 bits per heavy atom. The molecule has 0 aliphatic heterocycles. The van der Waals surface area contributed by atoms with Crippen molar-refractivity contribution < 1.29 is 9.21 Å². The van der Waals surface area contributed by atoms with Crippen molar-refractivity contribution in [3.05, 3.63) is 77.2 Å². The highest BCUT2D eigenvalue weighted by Crippen LogP contribution is 2.30. The fourth-order valence-corrected chi connectivity index (χ4v) is 3.80. The number of benzene rings is 1. The van der Waals surface area contributed by atoms with Gasteiger partial charge >= 0.3 is 0 Å². The molecular formula is C20H17N3O3S. The Balaban J connectivity index is 1.48. The van der Waals surface area contributed by atoms with Crippen LogP contribution in [0.4, 0.5) is 0 Å². The van der Waals surface area contributed by atoms with Crippen LogP contribution in [0.25, 0.3) is 20.7 Å². The van der Waals surface area contributed by atoms with Gasteiger partial charge in [0.15, 0.2) is 0 Å². The molecule has 0 fully saturated rings. The Kier molecular flexibility index (Phi) is 4.84. The Hall–Kier alpha value is -3.19. The smallest absolute Gasteiger partial charge is 0.262 e. The number of carbonyl (C=O) groups excluding carboxylic acids is 1. The summed E-state index contributed by atoms with van der Waals surface area (Å²) in [5, 5.41) is 3.32. The van der Waals surface area contributed by atoms with Gasteiger partial charge in [0.1, 0.15) is 17.1 Å². The van der Waals surface area contributed by atoms with Crippen molar-refractivity contribution in [1.29, 1.82) is 0 Å². The Bertz CT molecular complexity index is 1110. The maximum atomic E-state index is 12.7. The van der Waals surface area contributed by atoms with Gasteiger partial charge in [0.25, 0.3) is 5.56 Å². The second-order valence-electron chi connectivity index (χ2n) is 6.05. The average molecular weight is 379 g/mol. The number of aromatic nitrogens is 2. The summed E-state index contributed by atoms with van der Waals surface area (Å²) in [6.07, 6.45) is 3.64. The number of nitrogens with zero attached hydrogens (tertiary/aromatic N) is 2. The molecule has 0 saturated heterocycles. The van der Waals surface area contributed by atoms with Gasteiger partial charge in [-0.2, -0.15) is 0 Å². The van der Waals surface area contributed by atoms with Gasteiger partial charge in [0, 0.05) is 17.8 Å². The fraction of sp³-hybridized carbons (Fsp3) is 0.150. The molecule has 0 aliphatic carbocycles. The van der Waals surface area contributed by atoms with Gasteiger partial charge < -0.3 is 9.73 Å². The van der Waals surface area contributed by atoms with Crippen LogP contribution in [-0.4, -0.2) is 22.0 Å². The monoisotopic (exact) mass is 379 g/mol. The molecule has 7 heteroatoms. The number of nitrogens with one attached hydrogen (secondary N) is 1. The molecule has 27 heavy (non-hydrogen) atoms. The zero-order valence-electron chi connectivity index (χ0n) is 14.4. The first kappa shape index (κ1) is 17.2. The van der Waals surface area contributed by atoms with E-state index in [2.05, 4.69) is 10.3 Å². The van der Waals surface area contributed by atoms with Gasteiger partial charge in [0.2, 0.25) is 5.91 Å². The van der Waals surface area contributed by atoms with E-state index in [4.69, 9.17) is 4.42 Å². The summed E-state index contributed by atoms with van der Waals surface area (Å²) in [6.45, 7) is 0.393. The van der Waals surface area contributed by atoms with E-state index in [0.29, 0.717) is 23.2 Å². The lowest BCUT2D eigenvalue weighted by molar-refractivity contribution is -0.121. The van der Waals surface area contributed by atoms with Crippen LogP contribution in [0.3, 0.4) is 0 Å². The number of hydrogen-bond acceptors (Lipinski definition) is 5. The van der Waals surface area contributed by atoms with Crippen molar-refractivity contribution in [2.45, 2.75) is 13.0 Å². The van der Waals surface area contributed by atoms with Crippen molar-refractivity contribution in [2.24, 2.45) is 0 Å². The summed E-state index contributed by atoms with van der Waals surface area (Å²) in [6, 6.07) is 15.4. The summed E-state index contributed by atoms with van der Waals surface area (Å²) in [7, 11) is 0. The number of amides is 1. The molecule has 0 saturated carbocycles. The van der Waals surface area contributed by atoms with E-state index in [1.807, 2.05) is 48.5 Å². The van der Waals surface area contributed by atoms with E-state index < -0.39 is 0 Å². The van der Waals surface area contributed by atoms with Gasteiger partial charge in [-0.05, 0) is 23.8 Å². The normalized spacial score (nSPS) is 11.0. The Labute approximate surface area is 159 Å². The molecule has 0 spiro atoms. The van der Waals surface area contributed by atoms with Crippen LogP contribution in [0.2, 0.25) is 0 Å². The Morgan fingerprint density at radius 3 is 2.81 bits per heavy atom. The second-order valence-corrected chi connectivity index (χ2v) is 7.08. The highest BCUT2D eigenvalue weighted by Gasteiger charge is 2.12. The van der Waals surface area contributed by atoms with Crippen molar-refractivity contribution >= 4 is 27.5 Å². The highest BCUT2D eigenvalue weighted by molar-refractivity contribution is 7.21. The third kappa shape index (κ3) is 3.83. The molecule has 0 unspecified atom stereocenters. The lowest BCUT2D eigenvalue weighted by atomic mass is 10.2. The lowest BCUT2D eigenvalue weighted by Crippen LogP contribution is -2.33. The van der Waals surface area contributed by atoms with Crippen molar-refractivity contribution in [1.82, 2.24) is 14.9 Å².